The molecule has 7 nitrogen and oxygen atoms in total. The van der Waals surface area contributed by atoms with E-state index in [0.717, 1.165) is 6.04 Å². The van der Waals surface area contributed by atoms with Crippen LogP contribution < -0.4 is 15.2 Å². The molecule has 30 heavy (non-hydrogen) atoms. The van der Waals surface area contributed by atoms with Crippen LogP contribution in [-0.2, 0) is 11.2 Å². The van der Waals surface area contributed by atoms with Crippen LogP contribution >= 0.6 is 0 Å². The van der Waals surface area contributed by atoms with Crippen LogP contribution in [0, 0.1) is 0 Å². The van der Waals surface area contributed by atoms with Gasteiger partial charge in [-0.3, -0.25) is 0 Å². The minimum absolute atomic E-state index is 0.165. The first-order chi connectivity index (χ1) is 13.9. The monoisotopic (exact) mass is 429 g/mol. The highest BCUT2D eigenvalue weighted by molar-refractivity contribution is 6.76. The average Bonchev–Trinajstić information content (AvgIpc) is 2.59. The van der Waals surface area contributed by atoms with E-state index in [-0.39, 0.29) is 28.3 Å². The lowest BCUT2D eigenvalue weighted by Crippen LogP contribution is -2.38. The Kier molecular flexibility index (Phi) is 5.55. The maximum atomic E-state index is 12.5. The standard InChI is InChI=1S/C22H27NO6Si/c1-22(2)28-16-8-6-7-15(18(16)21(26)29-22)27-17-10-9-14(20(24)25)13(19(17)23)11-12-30(3,4)5/h6-10H,11-12,23H2,1-5H3,(H,24,25). The van der Waals surface area contributed by atoms with Gasteiger partial charge in [-0.2, -0.15) is 0 Å². The van der Waals surface area contributed by atoms with Crippen molar-refractivity contribution in [3.8, 4) is 17.2 Å². The van der Waals surface area contributed by atoms with Gasteiger partial charge >= 0.3 is 11.9 Å². The number of aromatic carboxylic acids is 1. The first-order valence-corrected chi connectivity index (χ1v) is 13.5. The smallest absolute Gasteiger partial charge is 0.349 e. The van der Waals surface area contributed by atoms with Crippen molar-refractivity contribution in [2.75, 3.05) is 5.73 Å². The third-order valence-electron chi connectivity index (χ3n) is 4.78. The molecule has 0 atom stereocenters. The Balaban J connectivity index is 2.01. The average molecular weight is 430 g/mol. The van der Waals surface area contributed by atoms with Crippen LogP contribution in [0.15, 0.2) is 30.3 Å². The van der Waals surface area contributed by atoms with E-state index in [4.69, 9.17) is 19.9 Å². The van der Waals surface area contributed by atoms with Crippen molar-refractivity contribution in [3.05, 3.63) is 47.0 Å². The lowest BCUT2D eigenvalue weighted by Gasteiger charge is -2.32. The number of hydrogen-bond donors (Lipinski definition) is 2. The van der Waals surface area contributed by atoms with Crippen molar-refractivity contribution in [1.82, 2.24) is 0 Å². The lowest BCUT2D eigenvalue weighted by atomic mass is 10.0. The third kappa shape index (κ3) is 4.59. The molecular formula is C22H27NO6Si. The van der Waals surface area contributed by atoms with Gasteiger partial charge in [0, 0.05) is 21.9 Å². The van der Waals surface area contributed by atoms with Gasteiger partial charge in [-0.1, -0.05) is 31.8 Å². The fraction of sp³-hybridized carbons (Fsp3) is 0.364. The molecule has 1 aliphatic heterocycles. The number of rotatable bonds is 6. The SMILES string of the molecule is CC1(C)OC(=O)c2c(Oc3ccc(C(=O)O)c(CC[Si](C)(C)C)c3N)cccc2O1. The van der Waals surface area contributed by atoms with Crippen LogP contribution in [0.1, 0.15) is 40.1 Å². The number of benzene rings is 2. The Morgan fingerprint density at radius 2 is 1.83 bits per heavy atom. The molecule has 160 valence electrons. The molecule has 0 amide bonds. The number of ether oxygens (including phenoxy) is 3. The Hall–Kier alpha value is -3.00. The minimum atomic E-state index is -1.42. The van der Waals surface area contributed by atoms with Gasteiger partial charge in [-0.15, -0.1) is 0 Å². The Morgan fingerprint density at radius 3 is 2.47 bits per heavy atom. The zero-order valence-electron chi connectivity index (χ0n) is 17.9. The summed E-state index contributed by atoms with van der Waals surface area (Å²) in [6, 6.07) is 8.87. The summed E-state index contributed by atoms with van der Waals surface area (Å²) >= 11 is 0. The number of carbonyl (C=O) groups excluding carboxylic acids is 1. The summed E-state index contributed by atoms with van der Waals surface area (Å²) in [7, 11) is -1.42. The summed E-state index contributed by atoms with van der Waals surface area (Å²) < 4.78 is 17.0. The molecule has 0 aliphatic carbocycles. The molecular weight excluding hydrogens is 402 g/mol. The predicted molar refractivity (Wildman–Crippen MR) is 116 cm³/mol. The molecule has 0 bridgehead atoms. The van der Waals surface area contributed by atoms with Crippen LogP contribution in [0.3, 0.4) is 0 Å². The topological polar surface area (TPSA) is 108 Å². The second kappa shape index (κ2) is 7.68. The van der Waals surface area contributed by atoms with Crippen LogP contribution in [-0.4, -0.2) is 30.9 Å². The molecule has 1 aliphatic rings. The zero-order chi connectivity index (χ0) is 22.3. The van der Waals surface area contributed by atoms with E-state index >= 15 is 0 Å². The quantitative estimate of drug-likeness (QED) is 0.381. The van der Waals surface area contributed by atoms with Gasteiger partial charge in [0.05, 0.1) is 11.3 Å². The molecule has 0 spiro atoms. The Morgan fingerprint density at radius 1 is 1.13 bits per heavy atom. The van der Waals surface area contributed by atoms with Crippen molar-refractivity contribution >= 4 is 25.7 Å². The maximum Gasteiger partial charge on any atom is 0.349 e. The van der Waals surface area contributed by atoms with Gasteiger partial charge < -0.3 is 25.1 Å². The van der Waals surface area contributed by atoms with E-state index in [1.807, 2.05) is 0 Å². The van der Waals surface area contributed by atoms with Crippen molar-refractivity contribution in [3.63, 3.8) is 0 Å². The van der Waals surface area contributed by atoms with Gasteiger partial charge in [-0.25, -0.2) is 9.59 Å². The van der Waals surface area contributed by atoms with Crippen molar-refractivity contribution in [2.45, 2.75) is 51.7 Å². The first kappa shape index (κ1) is 21.7. The number of nitrogen functional groups attached to an aromatic ring is 1. The van der Waals surface area contributed by atoms with Gasteiger partial charge in [0.1, 0.15) is 17.1 Å². The van der Waals surface area contributed by atoms with Crippen LogP contribution in [0.25, 0.3) is 0 Å². The normalized spacial score (nSPS) is 15.0. The molecule has 0 saturated carbocycles. The van der Waals surface area contributed by atoms with Gasteiger partial charge in [0.15, 0.2) is 5.75 Å². The largest absolute Gasteiger partial charge is 0.478 e. The highest BCUT2D eigenvalue weighted by atomic mass is 28.3. The summed E-state index contributed by atoms with van der Waals surface area (Å²) in [5, 5.41) is 9.58. The third-order valence-corrected chi connectivity index (χ3v) is 6.53. The molecule has 1 heterocycles. The molecule has 0 aromatic heterocycles. The maximum absolute atomic E-state index is 12.5. The summed E-state index contributed by atoms with van der Waals surface area (Å²) in [6.45, 7) is 9.94. The van der Waals surface area contributed by atoms with E-state index in [1.54, 1.807) is 32.0 Å². The number of cyclic esters (lactones) is 1. The van der Waals surface area contributed by atoms with E-state index in [1.165, 1.54) is 12.1 Å². The number of carboxylic acid groups (broad SMARTS) is 1. The molecule has 0 fully saturated rings. The summed E-state index contributed by atoms with van der Waals surface area (Å²) in [5.41, 5.74) is 7.47. The number of carboxylic acids is 1. The highest BCUT2D eigenvalue weighted by Crippen LogP contribution is 2.41. The second-order valence-electron chi connectivity index (χ2n) is 8.99. The van der Waals surface area contributed by atoms with Crippen LogP contribution in [0.5, 0.6) is 17.2 Å². The molecule has 2 aromatic carbocycles. The molecule has 8 heteroatoms. The Labute approximate surface area is 176 Å². The van der Waals surface area contributed by atoms with Crippen molar-refractivity contribution < 1.29 is 28.9 Å². The molecule has 2 aromatic rings. The molecule has 3 rings (SSSR count). The van der Waals surface area contributed by atoms with Gasteiger partial charge in [0.2, 0.25) is 5.79 Å². The highest BCUT2D eigenvalue weighted by Gasteiger charge is 2.36. The predicted octanol–water partition coefficient (Wildman–Crippen LogP) is 4.93. The zero-order valence-corrected chi connectivity index (χ0v) is 18.9. The summed E-state index contributed by atoms with van der Waals surface area (Å²) in [5.74, 6) is -1.79. The van der Waals surface area contributed by atoms with Crippen LogP contribution in [0.4, 0.5) is 5.69 Å². The van der Waals surface area contributed by atoms with Gasteiger partial charge in [0.25, 0.3) is 0 Å². The van der Waals surface area contributed by atoms with E-state index < -0.39 is 25.8 Å². The van der Waals surface area contributed by atoms with Crippen LogP contribution in [0.2, 0.25) is 25.7 Å². The molecule has 0 unspecified atom stereocenters. The number of carbonyl (C=O) groups is 2. The Bertz CT molecular complexity index is 1010. The molecule has 0 saturated heterocycles. The van der Waals surface area contributed by atoms with Crippen molar-refractivity contribution in [1.29, 1.82) is 0 Å². The fourth-order valence-electron chi connectivity index (χ4n) is 3.26. The van der Waals surface area contributed by atoms with E-state index in [2.05, 4.69) is 19.6 Å². The number of fused-ring (bicyclic) bond motifs is 1. The number of esters is 1. The first-order valence-electron chi connectivity index (χ1n) is 9.76. The summed E-state index contributed by atoms with van der Waals surface area (Å²) in [6.07, 6.45) is 0.548. The number of anilines is 1. The summed E-state index contributed by atoms with van der Waals surface area (Å²) in [4.78, 5) is 24.2. The fourth-order valence-corrected chi connectivity index (χ4v) is 4.26. The lowest BCUT2D eigenvalue weighted by molar-refractivity contribution is -0.127. The van der Waals surface area contributed by atoms with E-state index in [0.29, 0.717) is 17.7 Å². The van der Waals surface area contributed by atoms with Crippen molar-refractivity contribution in [2.24, 2.45) is 0 Å². The van der Waals surface area contributed by atoms with Gasteiger partial charge in [-0.05, 0) is 36.2 Å². The second-order valence-corrected chi connectivity index (χ2v) is 14.6. The number of hydrogen-bond acceptors (Lipinski definition) is 6. The molecule has 3 N–H and O–H groups in total. The molecule has 0 radical (unpaired) electrons. The number of nitrogens with two attached hydrogens (primary N) is 1. The minimum Gasteiger partial charge on any atom is -0.478 e. The van der Waals surface area contributed by atoms with E-state index in [9.17, 15) is 14.7 Å².